The van der Waals surface area contributed by atoms with E-state index in [1.54, 1.807) is 0 Å². The summed E-state index contributed by atoms with van der Waals surface area (Å²) < 4.78 is 15.1. The number of rotatable bonds is 2. The van der Waals surface area contributed by atoms with E-state index in [-0.39, 0.29) is 40.7 Å². The van der Waals surface area contributed by atoms with Crippen LogP contribution in [0.25, 0.3) is 0 Å². The van der Waals surface area contributed by atoms with Crippen LogP contribution in [0.4, 0.5) is 4.39 Å². The van der Waals surface area contributed by atoms with Crippen molar-refractivity contribution in [1.29, 1.82) is 0 Å². The van der Waals surface area contributed by atoms with Gasteiger partial charge in [-0.1, -0.05) is 13.8 Å². The molecule has 0 aliphatic heterocycles. The molecule has 0 amide bonds. The molecule has 144 valence electrons. The Balaban J connectivity index is 1.74. The largest absolute Gasteiger partial charge is 0.393 e. The van der Waals surface area contributed by atoms with Gasteiger partial charge in [0.2, 0.25) is 0 Å². The van der Waals surface area contributed by atoms with Crippen molar-refractivity contribution >= 4 is 11.6 Å². The molecule has 4 rings (SSSR count). The van der Waals surface area contributed by atoms with Gasteiger partial charge in [-0.2, -0.15) is 0 Å². The minimum absolute atomic E-state index is 0.0109. The van der Waals surface area contributed by atoms with Crippen LogP contribution in [-0.2, 0) is 9.59 Å². The van der Waals surface area contributed by atoms with E-state index in [4.69, 9.17) is 0 Å². The third-order valence-electron chi connectivity index (χ3n) is 8.41. The highest BCUT2D eigenvalue weighted by atomic mass is 19.1. The molecule has 0 aromatic carbocycles. The molecule has 8 atom stereocenters. The highest BCUT2D eigenvalue weighted by Gasteiger charge is 2.64. The number of hydrogen-bond acceptors (Lipinski definition) is 4. The van der Waals surface area contributed by atoms with Gasteiger partial charge in [-0.15, -0.1) is 0 Å². The van der Waals surface area contributed by atoms with Crippen LogP contribution in [0.3, 0.4) is 0 Å². The van der Waals surface area contributed by atoms with Gasteiger partial charge in [-0.25, -0.2) is 4.39 Å². The zero-order valence-electron chi connectivity index (χ0n) is 15.6. The molecule has 0 aromatic rings. The van der Waals surface area contributed by atoms with Gasteiger partial charge >= 0.3 is 0 Å². The SMILES string of the molecule is C[C@]12C[C@H](O)[C@H]3[C@@H](C[C@H](F)C4=CC(=O)CC[C@@]43C)[C@@H]1CC[C@@H]2C(=O)CO. The molecule has 3 saturated carbocycles. The third-order valence-corrected chi connectivity index (χ3v) is 8.41. The smallest absolute Gasteiger partial charge is 0.161 e. The van der Waals surface area contributed by atoms with Crippen molar-refractivity contribution < 1.29 is 24.2 Å². The molecule has 4 aliphatic rings. The predicted octanol–water partition coefficient (Wildman–Crippen LogP) is 2.61. The first-order valence-corrected chi connectivity index (χ1v) is 9.93. The fourth-order valence-electron chi connectivity index (χ4n) is 7.33. The Kier molecular flexibility index (Phi) is 4.20. The van der Waals surface area contributed by atoms with Crippen molar-refractivity contribution in [3.05, 3.63) is 11.6 Å². The zero-order chi connectivity index (χ0) is 18.9. The molecular formula is C21H29FO4. The van der Waals surface area contributed by atoms with Crippen LogP contribution >= 0.6 is 0 Å². The number of carbonyl (C=O) groups is 2. The van der Waals surface area contributed by atoms with Crippen LogP contribution in [0.5, 0.6) is 0 Å². The van der Waals surface area contributed by atoms with Crippen molar-refractivity contribution in [3.63, 3.8) is 0 Å². The number of aliphatic hydroxyl groups is 2. The number of Topliss-reactive ketones (excluding diaryl/α,β-unsaturated/α-hetero) is 1. The standard InChI is InChI=1S/C21H29FO4/c1-20-6-5-11(24)7-15(20)16(22)8-12-13-3-4-14(18(26)10-23)21(13,2)9-17(25)19(12)20/h7,12-14,16-17,19,23,25H,3-6,8-10H2,1-2H3/t12-,13-,14+,16-,17-,19+,20-,21-/m0/s1. The maximum absolute atomic E-state index is 15.1. The Hall–Kier alpha value is -1.07. The molecule has 0 radical (unpaired) electrons. The van der Waals surface area contributed by atoms with Gasteiger partial charge in [-0.05, 0) is 72.3 Å². The van der Waals surface area contributed by atoms with Gasteiger partial charge < -0.3 is 10.2 Å². The molecule has 4 nitrogen and oxygen atoms in total. The van der Waals surface area contributed by atoms with Crippen molar-refractivity contribution in [2.45, 2.75) is 64.6 Å². The highest BCUT2D eigenvalue weighted by Crippen LogP contribution is 2.66. The van der Waals surface area contributed by atoms with Gasteiger partial charge in [0, 0.05) is 12.3 Å². The topological polar surface area (TPSA) is 74.6 Å². The fourth-order valence-corrected chi connectivity index (χ4v) is 7.33. The van der Waals surface area contributed by atoms with Crippen LogP contribution in [-0.4, -0.2) is 40.7 Å². The summed E-state index contributed by atoms with van der Waals surface area (Å²) in [5.74, 6) is -0.263. The second-order valence-corrected chi connectivity index (χ2v) is 9.51. The lowest BCUT2D eigenvalue weighted by Gasteiger charge is -2.60. The van der Waals surface area contributed by atoms with Crippen LogP contribution in [0.2, 0.25) is 0 Å². The average Bonchev–Trinajstić information content (AvgIpc) is 2.92. The van der Waals surface area contributed by atoms with Gasteiger partial charge in [0.15, 0.2) is 11.6 Å². The summed E-state index contributed by atoms with van der Waals surface area (Å²) in [5.41, 5.74) is -0.267. The Bertz CT molecular complexity index is 673. The summed E-state index contributed by atoms with van der Waals surface area (Å²) in [6, 6.07) is 0. The summed E-state index contributed by atoms with van der Waals surface area (Å²) in [6.45, 7) is 3.61. The molecule has 0 bridgehead atoms. The monoisotopic (exact) mass is 364 g/mol. The molecule has 5 heteroatoms. The number of allylic oxidation sites excluding steroid dienone is 1. The molecule has 0 heterocycles. The maximum atomic E-state index is 15.1. The lowest BCUT2D eigenvalue weighted by atomic mass is 9.45. The van der Waals surface area contributed by atoms with Gasteiger partial charge in [-0.3, -0.25) is 9.59 Å². The van der Waals surface area contributed by atoms with Crippen LogP contribution in [0.1, 0.15) is 52.4 Å². The van der Waals surface area contributed by atoms with E-state index in [1.165, 1.54) is 6.08 Å². The molecule has 0 saturated heterocycles. The molecule has 0 aromatic heterocycles. The Morgan fingerprint density at radius 3 is 2.77 bits per heavy atom. The second-order valence-electron chi connectivity index (χ2n) is 9.51. The lowest BCUT2D eigenvalue weighted by molar-refractivity contribution is -0.150. The van der Waals surface area contributed by atoms with E-state index < -0.39 is 24.3 Å². The summed E-state index contributed by atoms with van der Waals surface area (Å²) in [7, 11) is 0. The van der Waals surface area contributed by atoms with E-state index in [2.05, 4.69) is 0 Å². The number of carbonyl (C=O) groups excluding carboxylic acids is 2. The highest BCUT2D eigenvalue weighted by molar-refractivity contribution is 5.92. The Morgan fingerprint density at radius 2 is 2.08 bits per heavy atom. The first-order valence-electron chi connectivity index (χ1n) is 9.93. The maximum Gasteiger partial charge on any atom is 0.161 e. The number of hydrogen-bond donors (Lipinski definition) is 2. The number of ketones is 2. The van der Waals surface area contributed by atoms with E-state index >= 15 is 4.39 Å². The first kappa shape index (κ1) is 18.3. The second kappa shape index (κ2) is 5.96. The number of halogens is 1. The van der Waals surface area contributed by atoms with Crippen molar-refractivity contribution in [2.24, 2.45) is 34.5 Å². The van der Waals surface area contributed by atoms with Crippen LogP contribution < -0.4 is 0 Å². The molecule has 0 spiro atoms. The number of aliphatic hydroxyl groups excluding tert-OH is 2. The minimum Gasteiger partial charge on any atom is -0.393 e. The van der Waals surface area contributed by atoms with Crippen LogP contribution in [0.15, 0.2) is 11.6 Å². The zero-order valence-corrected chi connectivity index (χ0v) is 15.6. The third kappa shape index (κ3) is 2.32. The van der Waals surface area contributed by atoms with Crippen molar-refractivity contribution in [3.8, 4) is 0 Å². The van der Waals surface area contributed by atoms with Gasteiger partial charge in [0.1, 0.15) is 12.8 Å². The van der Waals surface area contributed by atoms with Crippen molar-refractivity contribution in [2.75, 3.05) is 6.61 Å². The van der Waals surface area contributed by atoms with E-state index in [1.807, 2.05) is 13.8 Å². The average molecular weight is 364 g/mol. The van der Waals surface area contributed by atoms with Gasteiger partial charge in [0.05, 0.1) is 6.10 Å². The number of fused-ring (bicyclic) bond motifs is 5. The van der Waals surface area contributed by atoms with E-state index in [0.29, 0.717) is 37.7 Å². The molecule has 3 fully saturated rings. The molecule has 2 N–H and O–H groups in total. The molecule has 26 heavy (non-hydrogen) atoms. The summed E-state index contributed by atoms with van der Waals surface area (Å²) >= 11 is 0. The Labute approximate surface area is 153 Å². The molecule has 0 unspecified atom stereocenters. The normalized spacial score (nSPS) is 50.5. The van der Waals surface area contributed by atoms with Crippen molar-refractivity contribution in [1.82, 2.24) is 0 Å². The fraction of sp³-hybridized carbons (Fsp3) is 0.810. The quantitative estimate of drug-likeness (QED) is 0.790. The van der Waals surface area contributed by atoms with E-state index in [9.17, 15) is 19.8 Å². The predicted molar refractivity (Wildman–Crippen MR) is 94.0 cm³/mol. The van der Waals surface area contributed by atoms with E-state index in [0.717, 1.165) is 6.42 Å². The van der Waals surface area contributed by atoms with Crippen LogP contribution in [0, 0.1) is 34.5 Å². The summed E-state index contributed by atoms with van der Waals surface area (Å²) in [4.78, 5) is 24.1. The first-order chi connectivity index (χ1) is 12.2. The summed E-state index contributed by atoms with van der Waals surface area (Å²) in [5, 5.41) is 20.5. The molecule has 4 aliphatic carbocycles. The summed E-state index contributed by atoms with van der Waals surface area (Å²) in [6.07, 6.45) is 3.16. The number of alkyl halides is 1. The minimum atomic E-state index is -1.15. The Morgan fingerprint density at radius 1 is 1.35 bits per heavy atom. The molecular weight excluding hydrogens is 335 g/mol. The lowest BCUT2D eigenvalue weighted by Crippen LogP contribution is -2.59. The van der Waals surface area contributed by atoms with Gasteiger partial charge in [0.25, 0.3) is 0 Å².